The summed E-state index contributed by atoms with van der Waals surface area (Å²) in [6.07, 6.45) is 2.49. The molecule has 1 aliphatic carbocycles. The third kappa shape index (κ3) is 3.82. The first-order valence-electron chi connectivity index (χ1n) is 6.45. The minimum absolute atomic E-state index is 0.563. The van der Waals surface area contributed by atoms with Gasteiger partial charge in [-0.3, -0.25) is 0 Å². The zero-order valence-corrected chi connectivity index (χ0v) is 12.5. The van der Waals surface area contributed by atoms with E-state index in [1.807, 2.05) is 0 Å². The predicted molar refractivity (Wildman–Crippen MR) is 77.2 cm³/mol. The Kier molecular flexibility index (Phi) is 3.94. The molecule has 0 saturated heterocycles. The Labute approximate surface area is 113 Å². The summed E-state index contributed by atoms with van der Waals surface area (Å²) < 4.78 is 1.15. The van der Waals surface area contributed by atoms with Crippen molar-refractivity contribution in [1.29, 1.82) is 0 Å². The third-order valence-electron chi connectivity index (χ3n) is 3.89. The number of hydrogen-bond acceptors (Lipinski definition) is 1. The van der Waals surface area contributed by atoms with Crippen LogP contribution in [0.15, 0.2) is 28.7 Å². The van der Waals surface area contributed by atoms with Gasteiger partial charge in [-0.25, -0.2) is 0 Å². The first kappa shape index (κ1) is 13.1. The van der Waals surface area contributed by atoms with Crippen molar-refractivity contribution >= 4 is 15.9 Å². The standard InChI is InChI=1S/C15H22BrN/c1-11(17-10-13-9-15(13,2)3)8-12-4-6-14(16)7-5-12/h4-7,11,13,17H,8-10H2,1-3H3. The summed E-state index contributed by atoms with van der Waals surface area (Å²) in [6, 6.07) is 9.19. The minimum Gasteiger partial charge on any atom is -0.314 e. The van der Waals surface area contributed by atoms with E-state index in [-0.39, 0.29) is 0 Å². The molecule has 1 aromatic rings. The van der Waals surface area contributed by atoms with Crippen LogP contribution < -0.4 is 5.32 Å². The first-order chi connectivity index (χ1) is 7.97. The summed E-state index contributed by atoms with van der Waals surface area (Å²) in [5.74, 6) is 0.884. The van der Waals surface area contributed by atoms with Crippen molar-refractivity contribution < 1.29 is 0 Å². The highest BCUT2D eigenvalue weighted by Crippen LogP contribution is 2.51. The van der Waals surface area contributed by atoms with E-state index in [1.54, 1.807) is 0 Å². The van der Waals surface area contributed by atoms with Crippen LogP contribution in [-0.4, -0.2) is 12.6 Å². The molecule has 2 unspecified atom stereocenters. The molecule has 94 valence electrons. The van der Waals surface area contributed by atoms with Gasteiger partial charge in [-0.05, 0) is 55.3 Å². The third-order valence-corrected chi connectivity index (χ3v) is 4.41. The van der Waals surface area contributed by atoms with Crippen LogP contribution in [0.1, 0.15) is 32.8 Å². The van der Waals surface area contributed by atoms with Crippen LogP contribution in [0.2, 0.25) is 0 Å². The van der Waals surface area contributed by atoms with Crippen LogP contribution in [-0.2, 0) is 6.42 Å². The smallest absolute Gasteiger partial charge is 0.0175 e. The molecular formula is C15H22BrN. The summed E-state index contributed by atoms with van der Waals surface area (Å²) in [7, 11) is 0. The molecule has 0 bridgehead atoms. The Bertz CT molecular complexity index is 369. The lowest BCUT2D eigenvalue weighted by Crippen LogP contribution is -2.30. The molecule has 1 saturated carbocycles. The maximum Gasteiger partial charge on any atom is 0.0175 e. The molecule has 17 heavy (non-hydrogen) atoms. The molecule has 1 N–H and O–H groups in total. The SMILES string of the molecule is CC(Cc1ccc(Br)cc1)NCC1CC1(C)C. The molecule has 0 radical (unpaired) electrons. The number of hydrogen-bond donors (Lipinski definition) is 1. The fourth-order valence-electron chi connectivity index (χ4n) is 2.31. The van der Waals surface area contributed by atoms with Crippen molar-refractivity contribution in [3.05, 3.63) is 34.3 Å². The Hall–Kier alpha value is -0.340. The normalized spacial score (nSPS) is 23.4. The van der Waals surface area contributed by atoms with Gasteiger partial charge in [0.2, 0.25) is 0 Å². The molecule has 2 atom stereocenters. The van der Waals surface area contributed by atoms with E-state index >= 15 is 0 Å². The van der Waals surface area contributed by atoms with Crippen molar-refractivity contribution in [2.24, 2.45) is 11.3 Å². The molecule has 1 aromatic carbocycles. The Morgan fingerprint density at radius 2 is 1.94 bits per heavy atom. The lowest BCUT2D eigenvalue weighted by molar-refractivity contribution is 0.474. The van der Waals surface area contributed by atoms with Gasteiger partial charge in [-0.1, -0.05) is 41.9 Å². The van der Waals surface area contributed by atoms with Gasteiger partial charge in [0.05, 0.1) is 0 Å². The van der Waals surface area contributed by atoms with Gasteiger partial charge in [0.1, 0.15) is 0 Å². The fourth-order valence-corrected chi connectivity index (χ4v) is 2.58. The van der Waals surface area contributed by atoms with Crippen LogP contribution in [0.25, 0.3) is 0 Å². The molecule has 1 nitrogen and oxygen atoms in total. The monoisotopic (exact) mass is 295 g/mol. The van der Waals surface area contributed by atoms with Crippen molar-refractivity contribution in [2.45, 2.75) is 39.7 Å². The van der Waals surface area contributed by atoms with E-state index in [0.717, 1.165) is 16.8 Å². The second-order valence-corrected chi connectivity index (χ2v) is 6.95. The van der Waals surface area contributed by atoms with Crippen LogP contribution >= 0.6 is 15.9 Å². The van der Waals surface area contributed by atoms with Crippen LogP contribution in [0.5, 0.6) is 0 Å². The highest BCUT2D eigenvalue weighted by atomic mass is 79.9. The van der Waals surface area contributed by atoms with Crippen molar-refractivity contribution in [2.75, 3.05) is 6.54 Å². The van der Waals surface area contributed by atoms with E-state index in [4.69, 9.17) is 0 Å². The summed E-state index contributed by atoms with van der Waals surface area (Å²) >= 11 is 3.47. The Morgan fingerprint density at radius 3 is 2.47 bits per heavy atom. The first-order valence-corrected chi connectivity index (χ1v) is 7.24. The number of benzene rings is 1. The molecule has 0 spiro atoms. The van der Waals surface area contributed by atoms with Crippen molar-refractivity contribution in [3.63, 3.8) is 0 Å². The van der Waals surface area contributed by atoms with E-state index in [9.17, 15) is 0 Å². The van der Waals surface area contributed by atoms with E-state index in [1.165, 1.54) is 18.5 Å². The molecule has 0 heterocycles. The number of nitrogens with one attached hydrogen (secondary N) is 1. The van der Waals surface area contributed by atoms with Crippen LogP contribution in [0.4, 0.5) is 0 Å². The maximum atomic E-state index is 3.65. The maximum absolute atomic E-state index is 3.65. The zero-order valence-electron chi connectivity index (χ0n) is 11.0. The van der Waals surface area contributed by atoms with Gasteiger partial charge in [0.15, 0.2) is 0 Å². The molecular weight excluding hydrogens is 274 g/mol. The zero-order chi connectivity index (χ0) is 12.5. The Morgan fingerprint density at radius 1 is 1.35 bits per heavy atom. The molecule has 2 rings (SSSR count). The van der Waals surface area contributed by atoms with Crippen LogP contribution in [0.3, 0.4) is 0 Å². The van der Waals surface area contributed by atoms with E-state index < -0.39 is 0 Å². The molecule has 1 fully saturated rings. The second kappa shape index (κ2) is 5.11. The number of halogens is 1. The second-order valence-electron chi connectivity index (χ2n) is 6.03. The molecule has 0 aliphatic heterocycles. The summed E-state index contributed by atoms with van der Waals surface area (Å²) in [5, 5.41) is 3.65. The topological polar surface area (TPSA) is 12.0 Å². The van der Waals surface area contributed by atoms with Gasteiger partial charge >= 0.3 is 0 Å². The van der Waals surface area contributed by atoms with Gasteiger partial charge in [-0.2, -0.15) is 0 Å². The summed E-state index contributed by atoms with van der Waals surface area (Å²) in [4.78, 5) is 0. The quantitative estimate of drug-likeness (QED) is 0.865. The fraction of sp³-hybridized carbons (Fsp3) is 0.600. The average Bonchev–Trinajstić information content (AvgIpc) is 2.87. The van der Waals surface area contributed by atoms with Gasteiger partial charge in [-0.15, -0.1) is 0 Å². The molecule has 0 aromatic heterocycles. The molecule has 1 aliphatic rings. The lowest BCUT2D eigenvalue weighted by Gasteiger charge is -2.14. The Balaban J connectivity index is 1.74. The van der Waals surface area contributed by atoms with Crippen molar-refractivity contribution in [3.8, 4) is 0 Å². The predicted octanol–water partition coefficient (Wildman–Crippen LogP) is 4.02. The van der Waals surface area contributed by atoms with Gasteiger partial charge in [0.25, 0.3) is 0 Å². The highest BCUT2D eigenvalue weighted by molar-refractivity contribution is 9.10. The van der Waals surface area contributed by atoms with E-state index in [0.29, 0.717) is 11.5 Å². The van der Waals surface area contributed by atoms with Crippen molar-refractivity contribution in [1.82, 2.24) is 5.32 Å². The number of rotatable bonds is 5. The average molecular weight is 296 g/mol. The summed E-state index contributed by atoms with van der Waals surface area (Å²) in [6.45, 7) is 8.17. The van der Waals surface area contributed by atoms with Gasteiger partial charge < -0.3 is 5.32 Å². The largest absolute Gasteiger partial charge is 0.314 e. The molecule has 2 heteroatoms. The van der Waals surface area contributed by atoms with E-state index in [2.05, 4.69) is 66.3 Å². The van der Waals surface area contributed by atoms with Gasteiger partial charge in [0, 0.05) is 10.5 Å². The summed E-state index contributed by atoms with van der Waals surface area (Å²) in [5.41, 5.74) is 1.99. The lowest BCUT2D eigenvalue weighted by atomic mass is 10.1. The minimum atomic E-state index is 0.563. The molecule has 0 amide bonds. The highest BCUT2D eigenvalue weighted by Gasteiger charge is 2.44. The van der Waals surface area contributed by atoms with Crippen LogP contribution in [0, 0.1) is 11.3 Å².